The molecule has 1 aliphatic heterocycles. The molecule has 0 amide bonds. The van der Waals surface area contributed by atoms with Crippen LogP contribution in [0.1, 0.15) is 38.2 Å². The van der Waals surface area contributed by atoms with Crippen LogP contribution in [0.25, 0.3) is 0 Å². The molecule has 2 fully saturated rings. The van der Waals surface area contributed by atoms with Gasteiger partial charge in [-0.2, -0.15) is 0 Å². The molecule has 3 heteroatoms. The summed E-state index contributed by atoms with van der Waals surface area (Å²) in [6, 6.07) is 8.14. The van der Waals surface area contributed by atoms with Gasteiger partial charge in [0.1, 0.15) is 12.0 Å². The molecule has 1 unspecified atom stereocenters. The predicted molar refractivity (Wildman–Crippen MR) is 79.5 cm³/mol. The SMILES string of the molecule is COc1ccc(CN2CC3(CCC(C)CC3)C2O)cc1. The minimum atomic E-state index is -0.253. The third kappa shape index (κ3) is 2.45. The number of hydrogen-bond donors (Lipinski definition) is 1. The summed E-state index contributed by atoms with van der Waals surface area (Å²) in [6.07, 6.45) is 4.67. The van der Waals surface area contributed by atoms with Crippen molar-refractivity contribution in [3.8, 4) is 5.75 Å². The fourth-order valence-corrected chi connectivity index (χ4v) is 3.71. The fraction of sp³-hybridized carbons (Fsp3) is 0.647. The fourth-order valence-electron chi connectivity index (χ4n) is 3.71. The van der Waals surface area contributed by atoms with E-state index in [1.807, 2.05) is 12.1 Å². The van der Waals surface area contributed by atoms with E-state index in [0.717, 1.165) is 24.8 Å². The molecule has 1 aliphatic carbocycles. The Labute approximate surface area is 121 Å². The van der Waals surface area contributed by atoms with E-state index in [1.165, 1.54) is 31.2 Å². The monoisotopic (exact) mass is 275 g/mol. The molecule has 0 radical (unpaired) electrons. The lowest BCUT2D eigenvalue weighted by Crippen LogP contribution is -2.64. The van der Waals surface area contributed by atoms with Gasteiger partial charge in [-0.3, -0.25) is 4.90 Å². The zero-order chi connectivity index (χ0) is 14.2. The first-order valence-corrected chi connectivity index (χ1v) is 7.68. The molecule has 1 heterocycles. The number of methoxy groups -OCH3 is 1. The van der Waals surface area contributed by atoms with E-state index in [0.29, 0.717) is 0 Å². The van der Waals surface area contributed by atoms with Crippen LogP contribution in [-0.2, 0) is 6.54 Å². The highest BCUT2D eigenvalue weighted by molar-refractivity contribution is 5.27. The van der Waals surface area contributed by atoms with Crippen LogP contribution >= 0.6 is 0 Å². The van der Waals surface area contributed by atoms with E-state index in [2.05, 4.69) is 24.0 Å². The standard InChI is InChI=1S/C17H25NO2/c1-13-7-9-17(10-8-13)12-18(16(17)19)11-14-3-5-15(20-2)6-4-14/h3-6,13,16,19H,7-12H2,1-2H3. The van der Waals surface area contributed by atoms with Crippen molar-refractivity contribution in [2.75, 3.05) is 13.7 Å². The average Bonchev–Trinajstić information content (AvgIpc) is 2.49. The normalized spacial score (nSPS) is 34.0. The molecule has 1 spiro atoms. The molecule has 1 aromatic rings. The van der Waals surface area contributed by atoms with Gasteiger partial charge in [-0.15, -0.1) is 0 Å². The summed E-state index contributed by atoms with van der Waals surface area (Å²) in [5, 5.41) is 10.5. The minimum Gasteiger partial charge on any atom is -0.497 e. The van der Waals surface area contributed by atoms with E-state index in [9.17, 15) is 5.11 Å². The summed E-state index contributed by atoms with van der Waals surface area (Å²) in [7, 11) is 1.68. The van der Waals surface area contributed by atoms with Gasteiger partial charge in [-0.25, -0.2) is 0 Å². The Morgan fingerprint density at radius 1 is 1.25 bits per heavy atom. The number of rotatable bonds is 3. The Morgan fingerprint density at radius 3 is 2.45 bits per heavy atom. The lowest BCUT2D eigenvalue weighted by molar-refractivity contribution is -0.214. The van der Waals surface area contributed by atoms with E-state index in [1.54, 1.807) is 7.11 Å². The number of likely N-dealkylation sites (tertiary alicyclic amines) is 1. The third-order valence-corrected chi connectivity index (χ3v) is 5.23. The third-order valence-electron chi connectivity index (χ3n) is 5.23. The van der Waals surface area contributed by atoms with Gasteiger partial charge in [-0.1, -0.05) is 19.1 Å². The predicted octanol–water partition coefficient (Wildman–Crippen LogP) is 3.03. The van der Waals surface area contributed by atoms with Crippen LogP contribution in [-0.4, -0.2) is 29.9 Å². The van der Waals surface area contributed by atoms with Crippen LogP contribution in [0.4, 0.5) is 0 Å². The maximum absolute atomic E-state index is 10.5. The first-order chi connectivity index (χ1) is 9.63. The Morgan fingerprint density at radius 2 is 1.90 bits per heavy atom. The molecule has 110 valence electrons. The van der Waals surface area contributed by atoms with Crippen LogP contribution < -0.4 is 4.74 Å². The molecule has 3 rings (SSSR count). The number of aliphatic hydroxyl groups is 1. The van der Waals surface area contributed by atoms with Gasteiger partial charge >= 0.3 is 0 Å². The molecule has 20 heavy (non-hydrogen) atoms. The number of ether oxygens (including phenoxy) is 1. The summed E-state index contributed by atoms with van der Waals surface area (Å²) < 4.78 is 5.17. The zero-order valence-corrected chi connectivity index (χ0v) is 12.5. The van der Waals surface area contributed by atoms with Crippen molar-refractivity contribution in [2.45, 2.75) is 45.4 Å². The summed E-state index contributed by atoms with van der Waals surface area (Å²) in [4.78, 5) is 2.19. The Kier molecular flexibility index (Phi) is 3.74. The quantitative estimate of drug-likeness (QED) is 0.920. The van der Waals surface area contributed by atoms with Gasteiger partial charge in [0.05, 0.1) is 7.11 Å². The highest BCUT2D eigenvalue weighted by Crippen LogP contribution is 2.49. The van der Waals surface area contributed by atoms with E-state index in [-0.39, 0.29) is 11.6 Å². The Balaban J connectivity index is 1.58. The highest BCUT2D eigenvalue weighted by Gasteiger charge is 2.52. The molecular weight excluding hydrogens is 250 g/mol. The summed E-state index contributed by atoms with van der Waals surface area (Å²) in [5.41, 5.74) is 1.43. The van der Waals surface area contributed by atoms with Gasteiger partial charge in [0.25, 0.3) is 0 Å². The molecule has 2 aliphatic rings. The number of aliphatic hydroxyl groups excluding tert-OH is 1. The molecule has 1 aromatic carbocycles. The number of benzene rings is 1. The maximum Gasteiger partial charge on any atom is 0.118 e. The van der Waals surface area contributed by atoms with Gasteiger partial charge in [0.2, 0.25) is 0 Å². The molecule has 0 aromatic heterocycles. The summed E-state index contributed by atoms with van der Waals surface area (Å²) in [6.45, 7) is 4.21. The van der Waals surface area contributed by atoms with Gasteiger partial charge < -0.3 is 9.84 Å². The zero-order valence-electron chi connectivity index (χ0n) is 12.5. The first kappa shape index (κ1) is 13.9. The highest BCUT2D eigenvalue weighted by atomic mass is 16.5. The van der Waals surface area contributed by atoms with E-state index >= 15 is 0 Å². The maximum atomic E-state index is 10.5. The van der Waals surface area contributed by atoms with Gasteiger partial charge in [0.15, 0.2) is 0 Å². The Bertz CT molecular complexity index is 449. The molecule has 1 saturated heterocycles. The van der Waals surface area contributed by atoms with Crippen LogP contribution in [0, 0.1) is 11.3 Å². The second-order valence-electron chi connectivity index (χ2n) is 6.67. The van der Waals surface area contributed by atoms with Crippen molar-refractivity contribution in [1.82, 2.24) is 4.90 Å². The van der Waals surface area contributed by atoms with Crippen molar-refractivity contribution < 1.29 is 9.84 Å². The Hall–Kier alpha value is -1.06. The summed E-state index contributed by atoms with van der Waals surface area (Å²) >= 11 is 0. The van der Waals surface area contributed by atoms with Crippen molar-refractivity contribution in [1.29, 1.82) is 0 Å². The van der Waals surface area contributed by atoms with Crippen LogP contribution in [0.5, 0.6) is 5.75 Å². The van der Waals surface area contributed by atoms with Gasteiger partial charge in [0, 0.05) is 18.5 Å². The summed E-state index contributed by atoms with van der Waals surface area (Å²) in [5.74, 6) is 1.72. The van der Waals surface area contributed by atoms with Crippen molar-refractivity contribution in [2.24, 2.45) is 11.3 Å². The van der Waals surface area contributed by atoms with Gasteiger partial charge in [-0.05, 0) is 49.3 Å². The van der Waals surface area contributed by atoms with Crippen molar-refractivity contribution in [3.05, 3.63) is 29.8 Å². The number of nitrogens with zero attached hydrogens (tertiary/aromatic N) is 1. The molecule has 1 atom stereocenters. The van der Waals surface area contributed by atoms with Crippen molar-refractivity contribution in [3.63, 3.8) is 0 Å². The second-order valence-corrected chi connectivity index (χ2v) is 6.67. The van der Waals surface area contributed by atoms with Crippen molar-refractivity contribution >= 4 is 0 Å². The van der Waals surface area contributed by atoms with E-state index < -0.39 is 0 Å². The molecule has 3 nitrogen and oxygen atoms in total. The second kappa shape index (κ2) is 5.38. The smallest absolute Gasteiger partial charge is 0.118 e. The topological polar surface area (TPSA) is 32.7 Å². The molecule has 1 saturated carbocycles. The molecule has 1 N–H and O–H groups in total. The van der Waals surface area contributed by atoms with E-state index in [4.69, 9.17) is 4.74 Å². The van der Waals surface area contributed by atoms with Crippen LogP contribution in [0.15, 0.2) is 24.3 Å². The molecular formula is C17H25NO2. The lowest BCUT2D eigenvalue weighted by Gasteiger charge is -2.57. The minimum absolute atomic E-state index is 0.193. The first-order valence-electron chi connectivity index (χ1n) is 7.68. The lowest BCUT2D eigenvalue weighted by atomic mass is 9.64. The molecule has 0 bridgehead atoms. The van der Waals surface area contributed by atoms with Crippen LogP contribution in [0.3, 0.4) is 0 Å². The largest absolute Gasteiger partial charge is 0.497 e. The average molecular weight is 275 g/mol. The number of hydrogen-bond acceptors (Lipinski definition) is 3. The van der Waals surface area contributed by atoms with Crippen LogP contribution in [0.2, 0.25) is 0 Å².